The molecule has 1 aromatic heterocycles. The Kier molecular flexibility index (Phi) is 10.7. The van der Waals surface area contributed by atoms with Crippen molar-refractivity contribution in [3.63, 3.8) is 0 Å². The van der Waals surface area contributed by atoms with Crippen molar-refractivity contribution in [2.24, 2.45) is 46.3 Å². The summed E-state index contributed by atoms with van der Waals surface area (Å²) in [5.74, 6) is 0.330. The van der Waals surface area contributed by atoms with Crippen molar-refractivity contribution in [1.29, 1.82) is 0 Å². The standard InChI is InChI=1S/C45H59ClN2O6/c1-25(10-15-39(52)53)32-13-14-33-41-34(22-38(51)44(32,33)5)43(4)18-19-45(54,23-30(43)21-37(41)50)17-16-28-11-12-29(35(46)20-28)24-47-42-31-8-6-7-9-36(31)48-26(2)40(42)27(3)49/h6-9,11-12,20,25,30,32-34,37-38,41,50-51,54H,10,13-19,21-24H2,1-5H3,(H,47,48)(H,52,53)/t25-,30?,32-,33?,34?,37?,38+,41?,43+,44-,45-/m1/s1. The predicted molar refractivity (Wildman–Crippen MR) is 213 cm³/mol. The number of aliphatic hydroxyl groups excluding tert-OH is 2. The summed E-state index contributed by atoms with van der Waals surface area (Å²) in [7, 11) is 0. The summed E-state index contributed by atoms with van der Waals surface area (Å²) < 4.78 is 0. The fourth-order valence-electron chi connectivity index (χ4n) is 12.4. The number of aliphatic carboxylic acids is 1. The fraction of sp³-hybridized carbons (Fsp3) is 0.622. The van der Waals surface area contributed by atoms with Crippen molar-refractivity contribution >= 4 is 39.9 Å². The smallest absolute Gasteiger partial charge is 0.303 e. The van der Waals surface area contributed by atoms with E-state index in [0.29, 0.717) is 67.8 Å². The summed E-state index contributed by atoms with van der Waals surface area (Å²) in [6.45, 7) is 10.6. The number of fused-ring (bicyclic) bond motifs is 6. The van der Waals surface area contributed by atoms with E-state index in [1.54, 1.807) is 6.92 Å². The number of ketones is 1. The topological polar surface area (TPSA) is 140 Å². The second kappa shape index (κ2) is 14.8. The first-order valence-electron chi connectivity index (χ1n) is 20.3. The number of aliphatic hydroxyl groups is 3. The molecule has 292 valence electrons. The number of hydrogen-bond donors (Lipinski definition) is 5. The molecule has 0 radical (unpaired) electrons. The summed E-state index contributed by atoms with van der Waals surface area (Å²) in [5, 5.41) is 50.2. The number of carbonyl (C=O) groups is 2. The molecule has 3 aromatic rings. The number of carboxylic acids is 1. The third kappa shape index (κ3) is 6.88. The van der Waals surface area contributed by atoms with Gasteiger partial charge in [-0.3, -0.25) is 14.6 Å². The molecule has 4 fully saturated rings. The highest BCUT2D eigenvalue weighted by molar-refractivity contribution is 6.31. The average molecular weight is 759 g/mol. The van der Waals surface area contributed by atoms with Crippen LogP contribution in [-0.2, 0) is 17.8 Å². The van der Waals surface area contributed by atoms with Gasteiger partial charge in [0, 0.05) is 23.4 Å². The van der Waals surface area contributed by atoms with Crippen LogP contribution in [0.15, 0.2) is 42.5 Å². The molecule has 0 aliphatic heterocycles. The molecular formula is C45H59ClN2O6. The van der Waals surface area contributed by atoms with Crippen molar-refractivity contribution in [1.82, 2.24) is 4.98 Å². The molecule has 9 heteroatoms. The number of Topliss-reactive ketones (excluding diaryl/α,β-unsaturated/α-hetero) is 1. The first kappa shape index (κ1) is 39.2. The second-order valence-corrected chi connectivity index (χ2v) is 18.6. The molecule has 0 saturated heterocycles. The monoisotopic (exact) mass is 758 g/mol. The lowest BCUT2D eigenvalue weighted by molar-refractivity contribution is -0.216. The molecule has 54 heavy (non-hydrogen) atoms. The van der Waals surface area contributed by atoms with Gasteiger partial charge in [-0.05, 0) is 148 Å². The molecule has 8 nitrogen and oxygen atoms in total. The highest BCUT2D eigenvalue weighted by Gasteiger charge is 2.66. The van der Waals surface area contributed by atoms with Crippen molar-refractivity contribution < 1.29 is 30.0 Å². The van der Waals surface area contributed by atoms with Crippen LogP contribution in [0.3, 0.4) is 0 Å². The van der Waals surface area contributed by atoms with Gasteiger partial charge in [0.15, 0.2) is 5.78 Å². The number of halogens is 1. The number of nitrogens with one attached hydrogen (secondary N) is 1. The Labute approximate surface area is 325 Å². The molecule has 1 heterocycles. The van der Waals surface area contributed by atoms with E-state index in [1.165, 1.54) is 0 Å². The quantitative estimate of drug-likeness (QED) is 0.122. The average Bonchev–Trinajstić information content (AvgIpc) is 3.48. The predicted octanol–water partition coefficient (Wildman–Crippen LogP) is 8.78. The minimum atomic E-state index is -0.841. The number of aromatic nitrogens is 1. The van der Waals surface area contributed by atoms with Crippen molar-refractivity contribution in [3.05, 3.63) is 69.9 Å². The van der Waals surface area contributed by atoms with E-state index in [0.717, 1.165) is 47.0 Å². The summed E-state index contributed by atoms with van der Waals surface area (Å²) >= 11 is 6.85. The molecule has 7 rings (SSSR count). The van der Waals surface area contributed by atoms with Gasteiger partial charge in [-0.25, -0.2) is 0 Å². The van der Waals surface area contributed by atoms with Gasteiger partial charge in [-0.15, -0.1) is 0 Å². The van der Waals surface area contributed by atoms with E-state index in [4.69, 9.17) is 11.6 Å². The minimum Gasteiger partial charge on any atom is -0.481 e. The normalized spacial score (nSPS) is 35.2. The maximum atomic E-state index is 12.6. The Morgan fingerprint density at radius 2 is 1.81 bits per heavy atom. The molecule has 5 N–H and O–H groups in total. The first-order chi connectivity index (χ1) is 25.6. The number of aryl methyl sites for hydroxylation is 2. The largest absolute Gasteiger partial charge is 0.481 e. The number of para-hydroxylation sites is 1. The SMILES string of the molecule is CC(=O)c1c(C)nc2ccccc2c1NCc1ccc(CC[C@@]2(O)CC[C@@]3(C)C(CC(O)C4C3C[C@H](O)[C@@]3(C)C4CC[C@@H]3[C@H](C)CCC(=O)O)C2)cc1Cl. The number of pyridine rings is 1. The molecule has 5 unspecified atom stereocenters. The van der Waals surface area contributed by atoms with Gasteiger partial charge < -0.3 is 25.7 Å². The Balaban J connectivity index is 1.00. The number of hydrogen-bond acceptors (Lipinski definition) is 7. The lowest BCUT2D eigenvalue weighted by Gasteiger charge is -2.64. The maximum Gasteiger partial charge on any atom is 0.303 e. The summed E-state index contributed by atoms with van der Waals surface area (Å²) in [6, 6.07) is 13.9. The molecular weight excluding hydrogens is 700 g/mol. The Hall–Kier alpha value is -3.04. The Morgan fingerprint density at radius 3 is 2.54 bits per heavy atom. The van der Waals surface area contributed by atoms with Crippen LogP contribution in [0, 0.1) is 53.3 Å². The van der Waals surface area contributed by atoms with Crippen LogP contribution in [0.4, 0.5) is 5.69 Å². The number of carbonyl (C=O) groups excluding carboxylic acids is 1. The van der Waals surface area contributed by atoms with Gasteiger partial charge in [0.2, 0.25) is 0 Å². The van der Waals surface area contributed by atoms with E-state index in [-0.39, 0.29) is 58.5 Å². The summed E-state index contributed by atoms with van der Waals surface area (Å²) in [5.41, 5.74) is 3.62. The van der Waals surface area contributed by atoms with E-state index >= 15 is 0 Å². The van der Waals surface area contributed by atoms with Crippen LogP contribution in [-0.4, -0.2) is 55.0 Å². The van der Waals surface area contributed by atoms with E-state index in [2.05, 4.69) is 37.1 Å². The highest BCUT2D eigenvalue weighted by atomic mass is 35.5. The number of nitrogens with zero attached hydrogens (tertiary/aromatic N) is 1. The van der Waals surface area contributed by atoms with Crippen molar-refractivity contribution in [2.75, 3.05) is 5.32 Å². The third-order valence-corrected chi connectivity index (χ3v) is 15.7. The molecule has 4 aliphatic rings. The zero-order chi connectivity index (χ0) is 38.7. The van der Waals surface area contributed by atoms with Gasteiger partial charge >= 0.3 is 5.97 Å². The molecule has 0 amide bonds. The maximum absolute atomic E-state index is 12.6. The van der Waals surface area contributed by atoms with Gasteiger partial charge in [0.05, 0.1) is 40.3 Å². The zero-order valence-electron chi connectivity index (χ0n) is 32.6. The summed E-state index contributed by atoms with van der Waals surface area (Å²) in [6.07, 6.45) is 6.58. The molecule has 4 saturated carbocycles. The second-order valence-electron chi connectivity index (χ2n) is 18.2. The van der Waals surface area contributed by atoms with Crippen LogP contribution in [0.5, 0.6) is 0 Å². The molecule has 0 spiro atoms. The number of rotatable bonds is 11. The van der Waals surface area contributed by atoms with Crippen molar-refractivity contribution in [3.8, 4) is 0 Å². The van der Waals surface area contributed by atoms with Gasteiger partial charge in [-0.1, -0.05) is 62.7 Å². The Morgan fingerprint density at radius 1 is 1.06 bits per heavy atom. The molecule has 0 bridgehead atoms. The van der Waals surface area contributed by atoms with Crippen LogP contribution >= 0.6 is 11.6 Å². The van der Waals surface area contributed by atoms with Crippen LogP contribution < -0.4 is 5.32 Å². The summed E-state index contributed by atoms with van der Waals surface area (Å²) in [4.78, 5) is 28.6. The lowest BCUT2D eigenvalue weighted by Crippen LogP contribution is -2.63. The van der Waals surface area contributed by atoms with Crippen LogP contribution in [0.25, 0.3) is 10.9 Å². The zero-order valence-corrected chi connectivity index (χ0v) is 33.3. The van der Waals surface area contributed by atoms with E-state index in [9.17, 15) is 30.0 Å². The first-order valence-corrected chi connectivity index (χ1v) is 20.6. The van der Waals surface area contributed by atoms with Crippen LogP contribution in [0.2, 0.25) is 5.02 Å². The van der Waals surface area contributed by atoms with Crippen molar-refractivity contribution in [2.45, 2.75) is 130 Å². The van der Waals surface area contributed by atoms with Gasteiger partial charge in [0.1, 0.15) is 0 Å². The molecule has 2 aromatic carbocycles. The fourth-order valence-corrected chi connectivity index (χ4v) is 12.7. The van der Waals surface area contributed by atoms with Gasteiger partial charge in [0.25, 0.3) is 0 Å². The van der Waals surface area contributed by atoms with Gasteiger partial charge in [-0.2, -0.15) is 0 Å². The van der Waals surface area contributed by atoms with Crippen LogP contribution in [0.1, 0.15) is 119 Å². The number of anilines is 1. The molecule has 4 aliphatic carbocycles. The van der Waals surface area contributed by atoms with E-state index < -0.39 is 23.8 Å². The highest BCUT2D eigenvalue weighted by Crippen LogP contribution is 2.69. The lowest BCUT2D eigenvalue weighted by atomic mass is 9.42. The number of carboxylic acid groups (broad SMARTS) is 1. The minimum absolute atomic E-state index is 0.0409. The third-order valence-electron chi connectivity index (χ3n) is 15.4. The molecule has 11 atom stereocenters. The Bertz CT molecular complexity index is 1920. The number of benzene rings is 2. The van der Waals surface area contributed by atoms with E-state index in [1.807, 2.05) is 43.3 Å².